The molecule has 0 aliphatic heterocycles. The number of ether oxygens (including phenoxy) is 1. The van der Waals surface area contributed by atoms with Crippen molar-refractivity contribution in [2.45, 2.75) is 0 Å². The summed E-state index contributed by atoms with van der Waals surface area (Å²) in [5.41, 5.74) is 1.31. The molecule has 1 aromatic rings. The topological polar surface area (TPSA) is 26.3 Å². The highest BCUT2D eigenvalue weighted by Gasteiger charge is 2.01. The third-order valence-electron chi connectivity index (χ3n) is 1.67. The maximum absolute atomic E-state index is 10.7. The first-order valence-electron chi connectivity index (χ1n) is 4.04. The van der Waals surface area contributed by atoms with E-state index in [9.17, 15) is 4.79 Å². The van der Waals surface area contributed by atoms with Gasteiger partial charge in [-0.05, 0) is 18.2 Å². The molecule has 1 aromatic carbocycles. The Morgan fingerprint density at radius 2 is 2.36 bits per heavy atom. The van der Waals surface area contributed by atoms with Crippen LogP contribution in [-0.4, -0.2) is 19.1 Å². The van der Waals surface area contributed by atoms with Gasteiger partial charge in [-0.25, -0.2) is 0 Å². The van der Waals surface area contributed by atoms with Gasteiger partial charge in [-0.3, -0.25) is 4.79 Å². The van der Waals surface area contributed by atoms with Crippen LogP contribution in [0.5, 0.6) is 5.75 Å². The van der Waals surface area contributed by atoms with Gasteiger partial charge in [0, 0.05) is 5.56 Å². The molecule has 0 aliphatic rings. The van der Waals surface area contributed by atoms with E-state index < -0.39 is 0 Å². The summed E-state index contributed by atoms with van der Waals surface area (Å²) in [6.45, 7) is 0. The third-order valence-corrected chi connectivity index (χ3v) is 1.83. The van der Waals surface area contributed by atoms with Crippen molar-refractivity contribution in [1.29, 1.82) is 0 Å². The van der Waals surface area contributed by atoms with Crippen LogP contribution in [0, 0.1) is 11.8 Å². The van der Waals surface area contributed by atoms with E-state index in [1.807, 2.05) is 6.07 Å². The van der Waals surface area contributed by atoms with E-state index in [4.69, 9.17) is 4.74 Å². The lowest BCUT2D eigenvalue weighted by molar-refractivity contribution is 0.112. The lowest BCUT2D eigenvalue weighted by Gasteiger charge is -2.02. The molecule has 0 radical (unpaired) electrons. The van der Waals surface area contributed by atoms with Gasteiger partial charge in [-0.15, -0.1) is 0 Å². The molecule has 0 spiro atoms. The Balaban J connectivity index is 3.07. The number of methoxy groups -OCH3 is 1. The summed E-state index contributed by atoms with van der Waals surface area (Å²) in [5, 5.41) is 0. The van der Waals surface area contributed by atoms with Crippen LogP contribution in [0.1, 0.15) is 15.9 Å². The Morgan fingerprint density at radius 1 is 1.57 bits per heavy atom. The quantitative estimate of drug-likeness (QED) is 0.453. The number of carbonyl (C=O) groups excluding carboxylic acids is 1. The molecular weight excluding hydrogens is 196 g/mol. The van der Waals surface area contributed by atoms with E-state index in [0.717, 1.165) is 11.8 Å². The van der Waals surface area contributed by atoms with E-state index in [0.29, 0.717) is 17.1 Å². The van der Waals surface area contributed by atoms with Crippen LogP contribution in [0.25, 0.3) is 0 Å². The number of thiol groups is 1. The van der Waals surface area contributed by atoms with Gasteiger partial charge in [0.15, 0.2) is 6.29 Å². The van der Waals surface area contributed by atoms with Crippen LogP contribution in [0.4, 0.5) is 0 Å². The van der Waals surface area contributed by atoms with Crippen LogP contribution in [0.15, 0.2) is 18.2 Å². The summed E-state index contributed by atoms with van der Waals surface area (Å²) in [5.74, 6) is 6.76. The van der Waals surface area contributed by atoms with E-state index in [1.165, 1.54) is 7.11 Å². The smallest absolute Gasteiger partial charge is 0.153 e. The Labute approximate surface area is 88.7 Å². The highest BCUT2D eigenvalue weighted by atomic mass is 32.1. The molecule has 0 saturated heterocycles. The molecule has 3 heteroatoms. The fraction of sp³-hybridized carbons (Fsp3) is 0.182. The van der Waals surface area contributed by atoms with E-state index in [2.05, 4.69) is 24.5 Å². The van der Waals surface area contributed by atoms with Crippen molar-refractivity contribution in [1.82, 2.24) is 0 Å². The number of aldehydes is 1. The molecule has 0 aliphatic carbocycles. The molecule has 14 heavy (non-hydrogen) atoms. The summed E-state index contributed by atoms with van der Waals surface area (Å²) in [4.78, 5) is 10.7. The molecular formula is C11H10O2S. The summed E-state index contributed by atoms with van der Waals surface area (Å²) in [7, 11) is 1.53. The van der Waals surface area contributed by atoms with Gasteiger partial charge in [0.2, 0.25) is 0 Å². The SMILES string of the molecule is COc1ccc(C#CCS)cc1C=O. The minimum Gasteiger partial charge on any atom is -0.496 e. The molecule has 72 valence electrons. The highest BCUT2D eigenvalue weighted by molar-refractivity contribution is 7.80. The second kappa shape index (κ2) is 5.36. The Kier molecular flexibility index (Phi) is 4.09. The van der Waals surface area contributed by atoms with Crippen LogP contribution in [0.2, 0.25) is 0 Å². The van der Waals surface area contributed by atoms with Gasteiger partial charge in [-0.1, -0.05) is 11.8 Å². The maximum atomic E-state index is 10.7. The molecule has 0 saturated carbocycles. The van der Waals surface area contributed by atoms with Gasteiger partial charge in [0.25, 0.3) is 0 Å². The van der Waals surface area contributed by atoms with Gasteiger partial charge >= 0.3 is 0 Å². The maximum Gasteiger partial charge on any atom is 0.153 e. The summed E-state index contributed by atoms with van der Waals surface area (Å²) in [6.07, 6.45) is 0.755. The van der Waals surface area contributed by atoms with Crippen LogP contribution >= 0.6 is 12.6 Å². The van der Waals surface area contributed by atoms with Crippen molar-refractivity contribution < 1.29 is 9.53 Å². The molecule has 0 atom stereocenters. The molecule has 0 bridgehead atoms. The highest BCUT2D eigenvalue weighted by Crippen LogP contribution is 2.17. The molecule has 0 unspecified atom stereocenters. The second-order valence-electron chi connectivity index (χ2n) is 2.53. The first-order chi connectivity index (χ1) is 6.81. The van der Waals surface area contributed by atoms with Crippen molar-refractivity contribution >= 4 is 18.9 Å². The van der Waals surface area contributed by atoms with Gasteiger partial charge in [0.1, 0.15) is 5.75 Å². The fourth-order valence-electron chi connectivity index (χ4n) is 1.05. The molecule has 1 rings (SSSR count). The van der Waals surface area contributed by atoms with Crippen molar-refractivity contribution in [3.63, 3.8) is 0 Å². The van der Waals surface area contributed by atoms with Gasteiger partial charge in [0.05, 0.1) is 18.4 Å². The van der Waals surface area contributed by atoms with Crippen LogP contribution < -0.4 is 4.74 Å². The van der Waals surface area contributed by atoms with Crippen molar-refractivity contribution in [2.24, 2.45) is 0 Å². The lowest BCUT2D eigenvalue weighted by Crippen LogP contribution is -1.90. The molecule has 0 aromatic heterocycles. The molecule has 0 fully saturated rings. The normalized spacial score (nSPS) is 8.71. The van der Waals surface area contributed by atoms with Crippen LogP contribution in [0.3, 0.4) is 0 Å². The first-order valence-corrected chi connectivity index (χ1v) is 4.68. The van der Waals surface area contributed by atoms with E-state index in [-0.39, 0.29) is 0 Å². The van der Waals surface area contributed by atoms with Crippen LogP contribution in [-0.2, 0) is 0 Å². The first kappa shape index (κ1) is 10.7. The number of rotatable bonds is 2. The fourth-order valence-corrected chi connectivity index (χ4v) is 1.12. The van der Waals surface area contributed by atoms with Gasteiger partial charge in [-0.2, -0.15) is 12.6 Å². The number of benzene rings is 1. The van der Waals surface area contributed by atoms with Crippen molar-refractivity contribution in [2.75, 3.05) is 12.9 Å². The molecule has 0 amide bonds. The average Bonchev–Trinajstić information content (AvgIpc) is 2.25. The standard InChI is InChI=1S/C11H10O2S/c1-13-11-5-4-9(3-2-6-14)7-10(11)8-12/h4-5,7-8,14H,6H2,1H3. The van der Waals surface area contributed by atoms with Crippen molar-refractivity contribution in [3.8, 4) is 17.6 Å². The predicted molar refractivity (Wildman–Crippen MR) is 59.1 cm³/mol. The van der Waals surface area contributed by atoms with Crippen molar-refractivity contribution in [3.05, 3.63) is 29.3 Å². The zero-order valence-corrected chi connectivity index (χ0v) is 8.67. The zero-order valence-electron chi connectivity index (χ0n) is 7.78. The summed E-state index contributed by atoms with van der Waals surface area (Å²) < 4.78 is 5.00. The minimum atomic E-state index is 0.502. The zero-order chi connectivity index (χ0) is 10.4. The minimum absolute atomic E-state index is 0.502. The van der Waals surface area contributed by atoms with Gasteiger partial charge < -0.3 is 4.74 Å². The predicted octanol–water partition coefficient (Wildman–Crippen LogP) is 1.79. The number of hydrogen-bond acceptors (Lipinski definition) is 3. The van der Waals surface area contributed by atoms with E-state index >= 15 is 0 Å². The second-order valence-corrected chi connectivity index (χ2v) is 2.85. The largest absolute Gasteiger partial charge is 0.496 e. The summed E-state index contributed by atoms with van der Waals surface area (Å²) in [6, 6.07) is 5.23. The van der Waals surface area contributed by atoms with E-state index in [1.54, 1.807) is 12.1 Å². The third kappa shape index (κ3) is 2.54. The monoisotopic (exact) mass is 206 g/mol. The Bertz CT molecular complexity index is 388. The summed E-state index contributed by atoms with van der Waals surface area (Å²) >= 11 is 3.97. The number of carbonyl (C=O) groups is 1. The Hall–Kier alpha value is -1.40. The molecule has 0 heterocycles. The lowest BCUT2D eigenvalue weighted by atomic mass is 10.1. The molecule has 0 N–H and O–H groups in total. The molecule has 2 nitrogen and oxygen atoms in total. The number of hydrogen-bond donors (Lipinski definition) is 1. The average molecular weight is 206 g/mol. The Morgan fingerprint density at radius 3 is 2.93 bits per heavy atom.